The SMILES string of the molecule is CCSCCOc1ccc(Br)cc1S(=O)(=O)Cl. The van der Waals surface area contributed by atoms with Crippen molar-refractivity contribution in [2.24, 2.45) is 0 Å². The summed E-state index contributed by atoms with van der Waals surface area (Å²) in [5.41, 5.74) is 0. The van der Waals surface area contributed by atoms with E-state index < -0.39 is 9.05 Å². The van der Waals surface area contributed by atoms with Crippen molar-refractivity contribution in [3.8, 4) is 5.75 Å². The molecule has 7 heteroatoms. The molecule has 96 valence electrons. The predicted octanol–water partition coefficient (Wildman–Crippen LogP) is 3.51. The molecule has 0 aliphatic rings. The van der Waals surface area contributed by atoms with Gasteiger partial charge in [0.05, 0.1) is 6.61 Å². The second-order valence-corrected chi connectivity index (χ2v) is 7.92. The molecule has 17 heavy (non-hydrogen) atoms. The summed E-state index contributed by atoms with van der Waals surface area (Å²) in [5.74, 6) is 2.11. The highest BCUT2D eigenvalue weighted by molar-refractivity contribution is 9.10. The van der Waals surface area contributed by atoms with Gasteiger partial charge in [-0.1, -0.05) is 22.9 Å². The fourth-order valence-electron chi connectivity index (χ4n) is 1.15. The lowest BCUT2D eigenvalue weighted by Crippen LogP contribution is -2.04. The third kappa shape index (κ3) is 5.07. The van der Waals surface area contributed by atoms with Gasteiger partial charge in [0, 0.05) is 20.9 Å². The Morgan fingerprint density at radius 3 is 2.76 bits per heavy atom. The van der Waals surface area contributed by atoms with Gasteiger partial charge in [-0.05, 0) is 24.0 Å². The largest absolute Gasteiger partial charge is 0.491 e. The van der Waals surface area contributed by atoms with E-state index in [4.69, 9.17) is 15.4 Å². The Balaban J connectivity index is 2.84. The molecule has 0 aliphatic heterocycles. The van der Waals surface area contributed by atoms with Crippen LogP contribution < -0.4 is 4.74 Å². The van der Waals surface area contributed by atoms with Gasteiger partial charge in [-0.3, -0.25) is 0 Å². The van der Waals surface area contributed by atoms with Crippen molar-refractivity contribution in [3.05, 3.63) is 22.7 Å². The molecule has 0 atom stereocenters. The molecule has 0 aromatic heterocycles. The molecule has 0 N–H and O–H groups in total. The van der Waals surface area contributed by atoms with Crippen LogP contribution in [0.1, 0.15) is 6.92 Å². The molecule has 3 nitrogen and oxygen atoms in total. The van der Waals surface area contributed by atoms with E-state index in [2.05, 4.69) is 22.9 Å². The first-order chi connectivity index (χ1) is 7.95. The number of thioether (sulfide) groups is 1. The third-order valence-corrected chi connectivity index (χ3v) is 4.56. The van der Waals surface area contributed by atoms with Crippen LogP contribution in [0.2, 0.25) is 0 Å². The first-order valence-electron chi connectivity index (χ1n) is 4.90. The van der Waals surface area contributed by atoms with Crippen LogP contribution in [0.5, 0.6) is 5.75 Å². The van der Waals surface area contributed by atoms with Crippen LogP contribution in [0.4, 0.5) is 0 Å². The van der Waals surface area contributed by atoms with Crippen LogP contribution in [0, 0.1) is 0 Å². The summed E-state index contributed by atoms with van der Waals surface area (Å²) in [6.07, 6.45) is 0. The van der Waals surface area contributed by atoms with E-state index in [0.29, 0.717) is 16.8 Å². The Morgan fingerprint density at radius 2 is 2.18 bits per heavy atom. The van der Waals surface area contributed by atoms with Crippen molar-refractivity contribution in [1.82, 2.24) is 0 Å². The van der Waals surface area contributed by atoms with Gasteiger partial charge in [0.2, 0.25) is 0 Å². The molecule has 0 amide bonds. The van der Waals surface area contributed by atoms with Crippen LogP contribution in [0.15, 0.2) is 27.6 Å². The van der Waals surface area contributed by atoms with Gasteiger partial charge in [0.25, 0.3) is 9.05 Å². The molecular weight excluding hydrogens is 348 g/mol. The van der Waals surface area contributed by atoms with Crippen LogP contribution in [-0.2, 0) is 9.05 Å². The van der Waals surface area contributed by atoms with Crippen LogP contribution in [0.3, 0.4) is 0 Å². The Labute approximate surface area is 118 Å². The number of hydrogen-bond donors (Lipinski definition) is 0. The molecule has 0 bridgehead atoms. The van der Waals surface area contributed by atoms with E-state index in [0.717, 1.165) is 11.5 Å². The molecule has 1 aromatic carbocycles. The fraction of sp³-hybridized carbons (Fsp3) is 0.400. The molecule has 0 unspecified atom stereocenters. The summed E-state index contributed by atoms with van der Waals surface area (Å²) in [7, 11) is 1.55. The van der Waals surface area contributed by atoms with Gasteiger partial charge >= 0.3 is 0 Å². The van der Waals surface area contributed by atoms with E-state index in [1.165, 1.54) is 6.07 Å². The minimum absolute atomic E-state index is 0.00459. The Bertz CT molecular complexity index is 476. The average Bonchev–Trinajstić information content (AvgIpc) is 2.25. The zero-order valence-corrected chi connectivity index (χ0v) is 13.1. The Morgan fingerprint density at radius 1 is 1.47 bits per heavy atom. The Kier molecular flexibility index (Phi) is 6.12. The number of rotatable bonds is 6. The highest BCUT2D eigenvalue weighted by atomic mass is 79.9. The van der Waals surface area contributed by atoms with E-state index in [1.807, 2.05) is 0 Å². The maximum absolute atomic E-state index is 11.4. The molecule has 0 aliphatic carbocycles. The van der Waals surface area contributed by atoms with Crippen LogP contribution in [0.25, 0.3) is 0 Å². The lowest BCUT2D eigenvalue weighted by Gasteiger charge is -2.09. The van der Waals surface area contributed by atoms with Crippen molar-refractivity contribution in [2.45, 2.75) is 11.8 Å². The molecule has 0 heterocycles. The lowest BCUT2D eigenvalue weighted by molar-refractivity contribution is 0.335. The molecule has 0 spiro atoms. The van der Waals surface area contributed by atoms with Crippen molar-refractivity contribution in [1.29, 1.82) is 0 Å². The van der Waals surface area contributed by atoms with Crippen LogP contribution in [-0.4, -0.2) is 26.5 Å². The van der Waals surface area contributed by atoms with Crippen molar-refractivity contribution in [3.63, 3.8) is 0 Å². The lowest BCUT2D eigenvalue weighted by atomic mass is 10.3. The number of ether oxygens (including phenoxy) is 1. The Hall–Kier alpha value is 0.0900. The molecular formula is C10H12BrClO3S2. The van der Waals surface area contributed by atoms with Gasteiger partial charge in [-0.2, -0.15) is 11.8 Å². The number of benzene rings is 1. The summed E-state index contributed by atoms with van der Waals surface area (Å²) in [4.78, 5) is -0.00459. The minimum Gasteiger partial charge on any atom is -0.491 e. The summed E-state index contributed by atoms with van der Waals surface area (Å²) in [5, 5.41) is 0. The van der Waals surface area contributed by atoms with E-state index in [-0.39, 0.29) is 4.90 Å². The molecule has 0 fully saturated rings. The second kappa shape index (κ2) is 6.87. The second-order valence-electron chi connectivity index (χ2n) is 3.07. The smallest absolute Gasteiger partial charge is 0.265 e. The normalized spacial score (nSPS) is 11.5. The average molecular weight is 360 g/mol. The zero-order chi connectivity index (χ0) is 12.9. The molecule has 1 aromatic rings. The maximum Gasteiger partial charge on any atom is 0.265 e. The quantitative estimate of drug-likeness (QED) is 0.576. The first kappa shape index (κ1) is 15.1. The third-order valence-electron chi connectivity index (χ3n) is 1.86. The van der Waals surface area contributed by atoms with Crippen molar-refractivity contribution >= 4 is 47.4 Å². The number of halogens is 2. The summed E-state index contributed by atoms with van der Waals surface area (Å²) < 4.78 is 28.8. The first-order valence-corrected chi connectivity index (χ1v) is 9.15. The van der Waals surface area contributed by atoms with E-state index >= 15 is 0 Å². The zero-order valence-electron chi connectivity index (χ0n) is 9.15. The van der Waals surface area contributed by atoms with Gasteiger partial charge in [0.15, 0.2) is 0 Å². The van der Waals surface area contributed by atoms with Gasteiger partial charge < -0.3 is 4.74 Å². The van der Waals surface area contributed by atoms with Crippen LogP contribution >= 0.6 is 38.4 Å². The molecule has 0 saturated heterocycles. The summed E-state index contributed by atoms with van der Waals surface area (Å²) in [6, 6.07) is 4.74. The molecule has 1 rings (SSSR count). The topological polar surface area (TPSA) is 43.4 Å². The minimum atomic E-state index is -3.79. The molecule has 0 radical (unpaired) electrons. The van der Waals surface area contributed by atoms with E-state index in [9.17, 15) is 8.42 Å². The van der Waals surface area contributed by atoms with Gasteiger partial charge in [-0.25, -0.2) is 8.42 Å². The summed E-state index contributed by atoms with van der Waals surface area (Å²) in [6.45, 7) is 2.51. The monoisotopic (exact) mass is 358 g/mol. The highest BCUT2D eigenvalue weighted by Gasteiger charge is 2.17. The fourth-order valence-corrected chi connectivity index (χ4v) is 3.15. The number of hydrogen-bond acceptors (Lipinski definition) is 4. The highest BCUT2D eigenvalue weighted by Crippen LogP contribution is 2.30. The predicted molar refractivity (Wildman–Crippen MR) is 75.7 cm³/mol. The van der Waals surface area contributed by atoms with E-state index in [1.54, 1.807) is 23.9 Å². The standard InChI is InChI=1S/C10H12BrClO3S2/c1-2-16-6-5-15-9-4-3-8(11)7-10(9)17(12,13)14/h3-4,7H,2,5-6H2,1H3. The van der Waals surface area contributed by atoms with Crippen molar-refractivity contribution < 1.29 is 13.2 Å². The maximum atomic E-state index is 11.4. The van der Waals surface area contributed by atoms with Gasteiger partial charge in [0.1, 0.15) is 10.6 Å². The summed E-state index contributed by atoms with van der Waals surface area (Å²) >= 11 is 4.93. The van der Waals surface area contributed by atoms with Crippen molar-refractivity contribution in [2.75, 3.05) is 18.1 Å². The molecule has 0 saturated carbocycles. The van der Waals surface area contributed by atoms with Gasteiger partial charge in [-0.15, -0.1) is 0 Å².